The molecule has 0 aliphatic rings. The molecule has 0 saturated carbocycles. The fourth-order valence-corrected chi connectivity index (χ4v) is 2.34. The van der Waals surface area contributed by atoms with Gasteiger partial charge in [-0.15, -0.1) is 11.3 Å². The number of thiazole rings is 1. The molecule has 0 fully saturated rings. The van der Waals surface area contributed by atoms with Crippen LogP contribution in [0.3, 0.4) is 0 Å². The summed E-state index contributed by atoms with van der Waals surface area (Å²) in [5, 5.41) is 0.563. The molecular formula is C10H10BrN3S. The summed E-state index contributed by atoms with van der Waals surface area (Å²) < 4.78 is 1.05. The van der Waals surface area contributed by atoms with Crippen molar-refractivity contribution in [3.8, 4) is 11.3 Å². The predicted octanol–water partition coefficient (Wildman–Crippen LogP) is 2.61. The lowest BCUT2D eigenvalue weighted by Gasteiger charge is -1.99. The molecule has 2 rings (SSSR count). The lowest BCUT2D eigenvalue weighted by molar-refractivity contribution is 1.10. The van der Waals surface area contributed by atoms with Crippen molar-refractivity contribution >= 4 is 32.4 Å². The van der Waals surface area contributed by atoms with Crippen LogP contribution in [0.15, 0.2) is 28.7 Å². The van der Waals surface area contributed by atoms with Gasteiger partial charge in [0.1, 0.15) is 0 Å². The van der Waals surface area contributed by atoms with E-state index in [0.29, 0.717) is 11.7 Å². The Kier molecular flexibility index (Phi) is 3.04. The number of nitrogens with two attached hydrogens (primary N) is 2. The minimum Gasteiger partial charge on any atom is -0.375 e. The van der Waals surface area contributed by atoms with E-state index in [0.717, 1.165) is 20.6 Å². The van der Waals surface area contributed by atoms with E-state index in [9.17, 15) is 0 Å². The number of hydrogen-bond donors (Lipinski definition) is 2. The van der Waals surface area contributed by atoms with Gasteiger partial charge in [0.25, 0.3) is 0 Å². The Hall–Kier alpha value is -0.910. The highest BCUT2D eigenvalue weighted by molar-refractivity contribution is 9.10. The first-order valence-corrected chi connectivity index (χ1v) is 6.03. The van der Waals surface area contributed by atoms with E-state index < -0.39 is 0 Å². The van der Waals surface area contributed by atoms with E-state index in [1.165, 1.54) is 11.3 Å². The molecule has 4 N–H and O–H groups in total. The summed E-state index contributed by atoms with van der Waals surface area (Å²) in [5.74, 6) is 0. The van der Waals surface area contributed by atoms with Gasteiger partial charge in [-0.3, -0.25) is 0 Å². The third kappa shape index (κ3) is 2.19. The van der Waals surface area contributed by atoms with Crippen molar-refractivity contribution in [2.75, 3.05) is 5.73 Å². The molecule has 15 heavy (non-hydrogen) atoms. The molecule has 3 nitrogen and oxygen atoms in total. The van der Waals surface area contributed by atoms with Gasteiger partial charge in [0.2, 0.25) is 0 Å². The van der Waals surface area contributed by atoms with Crippen molar-refractivity contribution < 1.29 is 0 Å². The first-order valence-electron chi connectivity index (χ1n) is 4.42. The summed E-state index contributed by atoms with van der Waals surface area (Å²) in [4.78, 5) is 5.31. The van der Waals surface area contributed by atoms with Gasteiger partial charge in [0, 0.05) is 21.5 Å². The van der Waals surface area contributed by atoms with Gasteiger partial charge in [-0.25, -0.2) is 4.98 Å². The van der Waals surface area contributed by atoms with Gasteiger partial charge in [-0.2, -0.15) is 0 Å². The van der Waals surface area contributed by atoms with Crippen LogP contribution in [0.25, 0.3) is 11.3 Å². The highest BCUT2D eigenvalue weighted by atomic mass is 79.9. The maximum atomic E-state index is 5.66. The van der Waals surface area contributed by atoms with Gasteiger partial charge >= 0.3 is 0 Å². The summed E-state index contributed by atoms with van der Waals surface area (Å²) in [6, 6.07) is 7.95. The molecule has 78 valence electrons. The molecule has 1 aromatic heterocycles. The number of aromatic nitrogens is 1. The molecule has 0 aliphatic carbocycles. The van der Waals surface area contributed by atoms with Crippen molar-refractivity contribution in [1.29, 1.82) is 0 Å². The predicted molar refractivity (Wildman–Crippen MR) is 67.6 cm³/mol. The van der Waals surface area contributed by atoms with Crippen molar-refractivity contribution in [3.63, 3.8) is 0 Å². The number of benzene rings is 1. The average molecular weight is 284 g/mol. The Morgan fingerprint density at radius 2 is 1.93 bits per heavy atom. The second-order valence-corrected chi connectivity index (χ2v) is 5.07. The van der Waals surface area contributed by atoms with Crippen LogP contribution >= 0.6 is 27.3 Å². The lowest BCUT2D eigenvalue weighted by atomic mass is 10.1. The monoisotopic (exact) mass is 283 g/mol. The number of halogens is 1. The number of hydrogen-bond acceptors (Lipinski definition) is 4. The number of nitrogens with zero attached hydrogens (tertiary/aromatic N) is 1. The standard InChI is InChI=1S/C10H10BrN3S/c11-7-3-1-6(2-4-7)9-8(5-12)15-10(13)14-9/h1-4H,5,12H2,(H2,13,14). The maximum Gasteiger partial charge on any atom is 0.180 e. The summed E-state index contributed by atoms with van der Waals surface area (Å²) in [6.07, 6.45) is 0. The van der Waals surface area contributed by atoms with Crippen molar-refractivity contribution in [2.45, 2.75) is 6.54 Å². The molecule has 0 atom stereocenters. The maximum absolute atomic E-state index is 5.66. The first kappa shape index (κ1) is 10.6. The van der Waals surface area contributed by atoms with Crippen LogP contribution < -0.4 is 11.5 Å². The normalized spacial score (nSPS) is 10.5. The summed E-state index contributed by atoms with van der Waals surface area (Å²) in [7, 11) is 0. The molecule has 1 aromatic carbocycles. The zero-order valence-electron chi connectivity index (χ0n) is 7.90. The van der Waals surface area contributed by atoms with E-state index in [1.807, 2.05) is 24.3 Å². The molecule has 0 spiro atoms. The molecule has 0 saturated heterocycles. The highest BCUT2D eigenvalue weighted by Crippen LogP contribution is 2.29. The van der Waals surface area contributed by atoms with Crippen molar-refractivity contribution in [3.05, 3.63) is 33.6 Å². The molecule has 0 bridgehead atoms. The summed E-state index contributed by atoms with van der Waals surface area (Å²) in [5.41, 5.74) is 13.2. The van der Waals surface area contributed by atoms with E-state index in [-0.39, 0.29) is 0 Å². The van der Waals surface area contributed by atoms with Crippen LogP contribution in [-0.4, -0.2) is 4.98 Å². The van der Waals surface area contributed by atoms with Crippen LogP contribution in [0.2, 0.25) is 0 Å². The largest absolute Gasteiger partial charge is 0.375 e. The second-order valence-electron chi connectivity index (χ2n) is 3.03. The zero-order valence-corrected chi connectivity index (χ0v) is 10.3. The molecule has 2 aromatic rings. The Morgan fingerprint density at radius 3 is 2.53 bits per heavy atom. The van der Waals surface area contributed by atoms with Crippen molar-refractivity contribution in [1.82, 2.24) is 4.98 Å². The number of rotatable bonds is 2. The number of nitrogen functional groups attached to an aromatic ring is 1. The topological polar surface area (TPSA) is 64.9 Å². The van der Waals surface area contributed by atoms with Crippen LogP contribution in [0.5, 0.6) is 0 Å². The third-order valence-corrected chi connectivity index (χ3v) is 3.45. The van der Waals surface area contributed by atoms with E-state index >= 15 is 0 Å². The quantitative estimate of drug-likeness (QED) is 0.891. The molecule has 0 radical (unpaired) electrons. The van der Waals surface area contributed by atoms with Crippen LogP contribution in [0, 0.1) is 0 Å². The SMILES string of the molecule is NCc1sc(N)nc1-c1ccc(Br)cc1. The van der Waals surface area contributed by atoms with Crippen molar-refractivity contribution in [2.24, 2.45) is 5.73 Å². The van der Waals surface area contributed by atoms with Crippen LogP contribution in [0.1, 0.15) is 4.88 Å². The van der Waals surface area contributed by atoms with E-state index in [2.05, 4.69) is 20.9 Å². The first-order chi connectivity index (χ1) is 7.20. The fourth-order valence-electron chi connectivity index (χ4n) is 1.34. The highest BCUT2D eigenvalue weighted by Gasteiger charge is 2.09. The van der Waals surface area contributed by atoms with Gasteiger partial charge in [-0.05, 0) is 12.1 Å². The Morgan fingerprint density at radius 1 is 1.27 bits per heavy atom. The third-order valence-electron chi connectivity index (χ3n) is 2.02. The minimum absolute atomic E-state index is 0.472. The Labute approximate surface area is 100 Å². The molecule has 0 amide bonds. The Balaban J connectivity index is 2.48. The van der Waals surface area contributed by atoms with Gasteiger partial charge < -0.3 is 11.5 Å². The van der Waals surface area contributed by atoms with Gasteiger partial charge in [0.15, 0.2) is 5.13 Å². The molecule has 0 aliphatic heterocycles. The van der Waals surface area contributed by atoms with Gasteiger partial charge in [0.05, 0.1) is 5.69 Å². The fraction of sp³-hybridized carbons (Fsp3) is 0.100. The average Bonchev–Trinajstić information content (AvgIpc) is 2.61. The molecule has 0 unspecified atom stereocenters. The van der Waals surface area contributed by atoms with Crippen LogP contribution in [-0.2, 0) is 6.54 Å². The van der Waals surface area contributed by atoms with Crippen LogP contribution in [0.4, 0.5) is 5.13 Å². The zero-order chi connectivity index (χ0) is 10.8. The van der Waals surface area contributed by atoms with E-state index in [4.69, 9.17) is 11.5 Å². The molecule has 5 heteroatoms. The summed E-state index contributed by atoms with van der Waals surface area (Å²) >= 11 is 4.83. The Bertz CT molecular complexity index is 464. The van der Waals surface area contributed by atoms with E-state index in [1.54, 1.807) is 0 Å². The molecule has 1 heterocycles. The molecular weight excluding hydrogens is 274 g/mol. The van der Waals surface area contributed by atoms with Gasteiger partial charge in [-0.1, -0.05) is 28.1 Å². The second kappa shape index (κ2) is 4.30. The smallest absolute Gasteiger partial charge is 0.180 e. The minimum atomic E-state index is 0.472. The lowest BCUT2D eigenvalue weighted by Crippen LogP contribution is -1.95. The number of anilines is 1. The summed E-state index contributed by atoms with van der Waals surface area (Å²) in [6.45, 7) is 0.472.